The van der Waals surface area contributed by atoms with Crippen LogP contribution in [0.5, 0.6) is 0 Å². The summed E-state index contributed by atoms with van der Waals surface area (Å²) in [6.45, 7) is 0. The first kappa shape index (κ1) is 11.7. The smallest absolute Gasteiger partial charge is 0.171 e. The minimum Gasteiger partial charge on any atom is -0.171 e. The SMILES string of the molecule is FC(F)(F)C[C@@H](Cl)c1ccc(Cl)cc1. The van der Waals surface area contributed by atoms with Gasteiger partial charge in [-0.25, -0.2) is 0 Å². The van der Waals surface area contributed by atoms with Gasteiger partial charge < -0.3 is 0 Å². The Kier molecular flexibility index (Phi) is 3.67. The Balaban J connectivity index is 2.70. The zero-order chi connectivity index (χ0) is 10.8. The topological polar surface area (TPSA) is 0 Å². The summed E-state index contributed by atoms with van der Waals surface area (Å²) in [5.74, 6) is 0. The fraction of sp³-hybridized carbons (Fsp3) is 0.333. The summed E-state index contributed by atoms with van der Waals surface area (Å²) in [5.41, 5.74) is 0.424. The Morgan fingerprint density at radius 3 is 2.07 bits per heavy atom. The van der Waals surface area contributed by atoms with Gasteiger partial charge in [-0.3, -0.25) is 0 Å². The summed E-state index contributed by atoms with van der Waals surface area (Å²) in [4.78, 5) is 0. The molecule has 0 aromatic heterocycles. The molecule has 0 fully saturated rings. The molecular weight excluding hydrogens is 236 g/mol. The third kappa shape index (κ3) is 3.76. The lowest BCUT2D eigenvalue weighted by atomic mass is 10.1. The van der Waals surface area contributed by atoms with Gasteiger partial charge in [0, 0.05) is 5.02 Å². The maximum Gasteiger partial charge on any atom is 0.390 e. The van der Waals surface area contributed by atoms with Crippen molar-refractivity contribution in [3.8, 4) is 0 Å². The fourth-order valence-corrected chi connectivity index (χ4v) is 1.44. The average molecular weight is 243 g/mol. The van der Waals surface area contributed by atoms with Crippen LogP contribution in [0.4, 0.5) is 13.2 Å². The Morgan fingerprint density at radius 2 is 1.64 bits per heavy atom. The first-order valence-corrected chi connectivity index (χ1v) is 4.66. The highest BCUT2D eigenvalue weighted by Gasteiger charge is 2.31. The van der Waals surface area contributed by atoms with Crippen LogP contribution >= 0.6 is 23.2 Å². The molecule has 0 unspecified atom stereocenters. The van der Waals surface area contributed by atoms with E-state index in [-0.39, 0.29) is 0 Å². The van der Waals surface area contributed by atoms with Crippen molar-refractivity contribution < 1.29 is 13.2 Å². The minimum atomic E-state index is -4.24. The molecular formula is C9H7Cl2F3. The summed E-state index contributed by atoms with van der Waals surface area (Å²) in [6, 6.07) is 6.02. The van der Waals surface area contributed by atoms with E-state index in [9.17, 15) is 13.2 Å². The van der Waals surface area contributed by atoms with Gasteiger partial charge in [-0.05, 0) is 17.7 Å². The van der Waals surface area contributed by atoms with Gasteiger partial charge in [0.15, 0.2) is 0 Å². The lowest BCUT2D eigenvalue weighted by Crippen LogP contribution is -2.10. The first-order chi connectivity index (χ1) is 6.38. The van der Waals surface area contributed by atoms with E-state index >= 15 is 0 Å². The molecule has 0 aliphatic carbocycles. The average Bonchev–Trinajstić information content (AvgIpc) is 2.02. The van der Waals surface area contributed by atoms with Crippen molar-refractivity contribution in [3.05, 3.63) is 34.9 Å². The second-order valence-electron chi connectivity index (χ2n) is 2.84. The number of rotatable bonds is 2. The molecule has 1 aromatic rings. The van der Waals surface area contributed by atoms with E-state index < -0.39 is 18.0 Å². The second-order valence-corrected chi connectivity index (χ2v) is 3.80. The maximum atomic E-state index is 12.0. The highest BCUT2D eigenvalue weighted by molar-refractivity contribution is 6.30. The summed E-state index contributed by atoms with van der Waals surface area (Å²) >= 11 is 11.2. The minimum absolute atomic E-state index is 0.424. The second kappa shape index (κ2) is 4.41. The zero-order valence-electron chi connectivity index (χ0n) is 6.98. The Bertz CT molecular complexity index is 292. The maximum absolute atomic E-state index is 12.0. The molecule has 0 aliphatic heterocycles. The van der Waals surface area contributed by atoms with Crippen LogP contribution in [0.3, 0.4) is 0 Å². The fourth-order valence-electron chi connectivity index (χ4n) is 0.993. The van der Waals surface area contributed by atoms with Crippen LogP contribution in [0, 0.1) is 0 Å². The largest absolute Gasteiger partial charge is 0.390 e. The third-order valence-electron chi connectivity index (χ3n) is 1.64. The van der Waals surface area contributed by atoms with Crippen molar-refractivity contribution in [1.82, 2.24) is 0 Å². The molecule has 5 heteroatoms. The molecule has 14 heavy (non-hydrogen) atoms. The quantitative estimate of drug-likeness (QED) is 0.667. The Morgan fingerprint density at radius 1 is 1.14 bits per heavy atom. The lowest BCUT2D eigenvalue weighted by molar-refractivity contribution is -0.134. The molecule has 0 aliphatic rings. The highest BCUT2D eigenvalue weighted by atomic mass is 35.5. The van der Waals surface area contributed by atoms with Crippen molar-refractivity contribution in [2.75, 3.05) is 0 Å². The molecule has 0 heterocycles. The molecule has 0 spiro atoms. The van der Waals surface area contributed by atoms with E-state index in [2.05, 4.69) is 0 Å². The normalized spacial score (nSPS) is 14.1. The van der Waals surface area contributed by atoms with Gasteiger partial charge >= 0.3 is 6.18 Å². The van der Waals surface area contributed by atoms with Gasteiger partial charge in [-0.1, -0.05) is 23.7 Å². The molecule has 0 saturated heterocycles. The molecule has 0 N–H and O–H groups in total. The van der Waals surface area contributed by atoms with E-state index in [4.69, 9.17) is 23.2 Å². The van der Waals surface area contributed by atoms with E-state index in [1.807, 2.05) is 0 Å². The van der Waals surface area contributed by atoms with Crippen molar-refractivity contribution in [3.63, 3.8) is 0 Å². The molecule has 1 aromatic carbocycles. The molecule has 0 amide bonds. The molecule has 0 bridgehead atoms. The molecule has 78 valence electrons. The molecule has 1 atom stereocenters. The summed E-state index contributed by atoms with van der Waals surface area (Å²) in [6.07, 6.45) is -5.28. The number of alkyl halides is 4. The molecule has 0 nitrogen and oxygen atoms in total. The molecule has 0 saturated carbocycles. The van der Waals surface area contributed by atoms with Crippen LogP contribution in [0.1, 0.15) is 17.4 Å². The number of halogens is 5. The van der Waals surface area contributed by atoms with Gasteiger partial charge in [-0.15, -0.1) is 11.6 Å². The van der Waals surface area contributed by atoms with Crippen molar-refractivity contribution in [1.29, 1.82) is 0 Å². The number of hydrogen-bond acceptors (Lipinski definition) is 0. The van der Waals surface area contributed by atoms with E-state index in [0.717, 1.165) is 0 Å². The third-order valence-corrected chi connectivity index (χ3v) is 2.30. The Labute approximate surface area is 89.6 Å². The summed E-state index contributed by atoms with van der Waals surface area (Å²) in [7, 11) is 0. The number of hydrogen-bond donors (Lipinski definition) is 0. The number of benzene rings is 1. The molecule has 1 rings (SSSR count). The van der Waals surface area contributed by atoms with Crippen molar-refractivity contribution in [2.24, 2.45) is 0 Å². The highest BCUT2D eigenvalue weighted by Crippen LogP contribution is 2.34. The van der Waals surface area contributed by atoms with Crippen molar-refractivity contribution in [2.45, 2.75) is 18.0 Å². The summed E-state index contributed by atoms with van der Waals surface area (Å²) in [5, 5.41) is -0.572. The summed E-state index contributed by atoms with van der Waals surface area (Å²) < 4.78 is 35.9. The monoisotopic (exact) mass is 242 g/mol. The standard InChI is InChI=1S/C9H7Cl2F3/c10-7-3-1-6(2-4-7)8(11)5-9(12,13)14/h1-4,8H,5H2/t8-/m1/s1. The van der Waals surface area contributed by atoms with Crippen molar-refractivity contribution >= 4 is 23.2 Å². The Hall–Kier alpha value is -0.410. The predicted molar refractivity (Wildman–Crippen MR) is 50.7 cm³/mol. The van der Waals surface area contributed by atoms with Gasteiger partial charge in [0.2, 0.25) is 0 Å². The van der Waals surface area contributed by atoms with Crippen LogP contribution in [0.2, 0.25) is 5.02 Å². The van der Waals surface area contributed by atoms with E-state index in [1.165, 1.54) is 24.3 Å². The van der Waals surface area contributed by atoms with Crippen LogP contribution in [0.15, 0.2) is 24.3 Å². The van der Waals surface area contributed by atoms with Gasteiger partial charge in [-0.2, -0.15) is 13.2 Å². The van der Waals surface area contributed by atoms with Crippen LogP contribution in [0.25, 0.3) is 0 Å². The van der Waals surface area contributed by atoms with Gasteiger partial charge in [0.25, 0.3) is 0 Å². The predicted octanol–water partition coefficient (Wildman–Crippen LogP) is 4.57. The lowest BCUT2D eigenvalue weighted by Gasteiger charge is -2.12. The molecule has 0 radical (unpaired) electrons. The van der Waals surface area contributed by atoms with Crippen LogP contribution in [-0.4, -0.2) is 6.18 Å². The van der Waals surface area contributed by atoms with Gasteiger partial charge in [0.05, 0.1) is 11.8 Å². The zero-order valence-corrected chi connectivity index (χ0v) is 8.50. The van der Waals surface area contributed by atoms with Crippen LogP contribution < -0.4 is 0 Å². The first-order valence-electron chi connectivity index (χ1n) is 3.85. The van der Waals surface area contributed by atoms with Gasteiger partial charge in [0.1, 0.15) is 0 Å². The van der Waals surface area contributed by atoms with E-state index in [1.54, 1.807) is 0 Å². The van der Waals surface area contributed by atoms with Crippen LogP contribution in [-0.2, 0) is 0 Å². The van der Waals surface area contributed by atoms with E-state index in [0.29, 0.717) is 10.6 Å².